The molecule has 2 rings (SSSR count). The molecule has 1 atom stereocenters. The van der Waals surface area contributed by atoms with Crippen LogP contribution in [-0.2, 0) is 26.2 Å². The number of carbonyl (C=O) groups is 1. The fourth-order valence-electron chi connectivity index (χ4n) is 2.43. The molecule has 21 heavy (non-hydrogen) atoms. The van der Waals surface area contributed by atoms with Gasteiger partial charge >= 0.3 is 5.97 Å². The van der Waals surface area contributed by atoms with E-state index in [1.807, 2.05) is 0 Å². The number of hydrogen-bond acceptors (Lipinski definition) is 4. The van der Waals surface area contributed by atoms with Crippen molar-refractivity contribution in [2.75, 3.05) is 13.7 Å². The monoisotopic (exact) mass is 333 g/mol. The smallest absolute Gasteiger partial charge is 0.322 e. The van der Waals surface area contributed by atoms with E-state index in [2.05, 4.69) is 0 Å². The lowest BCUT2D eigenvalue weighted by molar-refractivity contribution is -0.140. The first-order chi connectivity index (χ1) is 9.86. The molecule has 0 aliphatic carbocycles. The van der Waals surface area contributed by atoms with Crippen molar-refractivity contribution >= 4 is 27.6 Å². The molecule has 0 radical (unpaired) electrons. The second kappa shape index (κ2) is 6.31. The van der Waals surface area contributed by atoms with Crippen molar-refractivity contribution in [2.24, 2.45) is 0 Å². The topological polar surface area (TPSA) is 83.9 Å². The molecule has 1 aromatic rings. The van der Waals surface area contributed by atoms with E-state index in [1.54, 1.807) is 6.07 Å². The Bertz CT molecular complexity index is 646. The van der Waals surface area contributed by atoms with E-state index in [9.17, 15) is 13.2 Å². The van der Waals surface area contributed by atoms with Gasteiger partial charge in [-0.25, -0.2) is 8.42 Å². The second-order valence-electron chi connectivity index (χ2n) is 4.84. The first kappa shape index (κ1) is 16.2. The average Bonchev–Trinajstić information content (AvgIpc) is 2.88. The lowest BCUT2D eigenvalue weighted by Crippen LogP contribution is -2.40. The van der Waals surface area contributed by atoms with Crippen LogP contribution in [0.3, 0.4) is 0 Å². The average molecular weight is 334 g/mol. The lowest BCUT2D eigenvalue weighted by Gasteiger charge is -2.21. The standard InChI is InChI=1S/C13H16ClNO5S/c1-20-8-9-5-10(14)7-11(6-9)21(18,19)15-4-2-3-12(15)13(16)17/h5-7,12H,2-4,8H2,1H3,(H,16,17). The minimum Gasteiger partial charge on any atom is -0.480 e. The maximum absolute atomic E-state index is 12.6. The highest BCUT2D eigenvalue weighted by Crippen LogP contribution is 2.28. The summed E-state index contributed by atoms with van der Waals surface area (Å²) in [7, 11) is -2.39. The van der Waals surface area contributed by atoms with Gasteiger partial charge in [0, 0.05) is 18.7 Å². The number of sulfonamides is 1. The Kier molecular flexibility index (Phi) is 4.88. The number of carboxylic acid groups (broad SMARTS) is 1. The van der Waals surface area contributed by atoms with Crippen LogP contribution in [0.2, 0.25) is 5.02 Å². The molecular weight excluding hydrogens is 318 g/mol. The van der Waals surface area contributed by atoms with Gasteiger partial charge in [-0.1, -0.05) is 11.6 Å². The lowest BCUT2D eigenvalue weighted by atomic mass is 10.2. The number of carboxylic acids is 1. The number of ether oxygens (including phenoxy) is 1. The maximum Gasteiger partial charge on any atom is 0.322 e. The molecule has 6 nitrogen and oxygen atoms in total. The van der Waals surface area contributed by atoms with E-state index >= 15 is 0 Å². The van der Waals surface area contributed by atoms with Gasteiger partial charge in [0.2, 0.25) is 10.0 Å². The van der Waals surface area contributed by atoms with Crippen LogP contribution in [0.1, 0.15) is 18.4 Å². The summed E-state index contributed by atoms with van der Waals surface area (Å²) in [6.07, 6.45) is 0.849. The molecule has 0 saturated carbocycles. The molecular formula is C13H16ClNO5S. The molecule has 8 heteroatoms. The van der Waals surface area contributed by atoms with Crippen molar-refractivity contribution in [2.45, 2.75) is 30.4 Å². The van der Waals surface area contributed by atoms with Crippen LogP contribution < -0.4 is 0 Å². The molecule has 1 aliphatic rings. The normalized spacial score (nSPS) is 19.8. The SMILES string of the molecule is COCc1cc(Cl)cc(S(=O)(=O)N2CCCC2C(=O)O)c1. The van der Waals surface area contributed by atoms with Crippen molar-refractivity contribution in [3.05, 3.63) is 28.8 Å². The number of aliphatic carboxylic acids is 1. The summed E-state index contributed by atoms with van der Waals surface area (Å²) in [5.41, 5.74) is 0.620. The van der Waals surface area contributed by atoms with E-state index in [1.165, 1.54) is 19.2 Å². The highest BCUT2D eigenvalue weighted by atomic mass is 35.5. The summed E-state index contributed by atoms with van der Waals surface area (Å²) in [6.45, 7) is 0.427. The molecule has 0 aromatic heterocycles. The van der Waals surface area contributed by atoms with Gasteiger partial charge in [0.1, 0.15) is 6.04 Å². The van der Waals surface area contributed by atoms with E-state index in [0.29, 0.717) is 18.4 Å². The van der Waals surface area contributed by atoms with Crippen molar-refractivity contribution in [1.82, 2.24) is 4.31 Å². The number of halogens is 1. The number of hydrogen-bond donors (Lipinski definition) is 1. The van der Waals surface area contributed by atoms with Gasteiger partial charge in [-0.05, 0) is 36.6 Å². The van der Waals surface area contributed by atoms with Crippen LogP contribution in [0.25, 0.3) is 0 Å². The number of methoxy groups -OCH3 is 1. The van der Waals surface area contributed by atoms with Gasteiger partial charge in [0.25, 0.3) is 0 Å². The first-order valence-corrected chi connectivity index (χ1v) is 8.21. The van der Waals surface area contributed by atoms with Gasteiger partial charge in [0.15, 0.2) is 0 Å². The van der Waals surface area contributed by atoms with Gasteiger partial charge in [-0.3, -0.25) is 4.79 Å². The molecule has 116 valence electrons. The van der Waals surface area contributed by atoms with Crippen LogP contribution in [0.15, 0.2) is 23.1 Å². The van der Waals surface area contributed by atoms with Crippen LogP contribution in [-0.4, -0.2) is 43.5 Å². The Morgan fingerprint density at radius 2 is 2.19 bits per heavy atom. The van der Waals surface area contributed by atoms with E-state index < -0.39 is 22.0 Å². The van der Waals surface area contributed by atoms with Gasteiger partial charge in [-0.2, -0.15) is 4.31 Å². The molecule has 1 saturated heterocycles. The number of benzene rings is 1. The summed E-state index contributed by atoms with van der Waals surface area (Å²) in [5, 5.41) is 9.41. The number of rotatable bonds is 5. The first-order valence-electron chi connectivity index (χ1n) is 6.39. The fourth-order valence-corrected chi connectivity index (χ4v) is 4.50. The van der Waals surface area contributed by atoms with Crippen LogP contribution in [0.5, 0.6) is 0 Å². The third-order valence-corrected chi connectivity index (χ3v) is 5.44. The minimum atomic E-state index is -3.88. The van der Waals surface area contributed by atoms with Crippen molar-refractivity contribution in [3.8, 4) is 0 Å². The molecule has 1 aliphatic heterocycles. The van der Waals surface area contributed by atoms with Crippen molar-refractivity contribution < 1.29 is 23.1 Å². The summed E-state index contributed by atoms with van der Waals surface area (Å²) in [5.74, 6) is -1.13. The molecule has 0 bridgehead atoms. The molecule has 1 heterocycles. The van der Waals surface area contributed by atoms with E-state index in [-0.39, 0.29) is 23.1 Å². The molecule has 1 aromatic carbocycles. The van der Waals surface area contributed by atoms with Gasteiger partial charge in [0.05, 0.1) is 11.5 Å². The Balaban J connectivity index is 2.41. The van der Waals surface area contributed by atoms with Crippen LogP contribution in [0.4, 0.5) is 0 Å². The Labute approximate surface area is 128 Å². The summed E-state index contributed by atoms with van der Waals surface area (Å²) in [4.78, 5) is 11.2. The molecule has 1 unspecified atom stereocenters. The molecule has 0 amide bonds. The molecule has 1 N–H and O–H groups in total. The summed E-state index contributed by atoms with van der Waals surface area (Å²) < 4.78 is 31.2. The van der Waals surface area contributed by atoms with Gasteiger partial charge < -0.3 is 9.84 Å². The Morgan fingerprint density at radius 1 is 1.48 bits per heavy atom. The fraction of sp³-hybridized carbons (Fsp3) is 0.462. The van der Waals surface area contributed by atoms with Gasteiger partial charge in [-0.15, -0.1) is 0 Å². The van der Waals surface area contributed by atoms with E-state index in [0.717, 1.165) is 4.31 Å². The second-order valence-corrected chi connectivity index (χ2v) is 7.17. The predicted molar refractivity (Wildman–Crippen MR) is 76.7 cm³/mol. The zero-order valence-electron chi connectivity index (χ0n) is 11.5. The quantitative estimate of drug-likeness (QED) is 0.887. The molecule has 0 spiro atoms. The summed E-state index contributed by atoms with van der Waals surface area (Å²) >= 11 is 5.94. The van der Waals surface area contributed by atoms with E-state index in [4.69, 9.17) is 21.4 Å². The Morgan fingerprint density at radius 3 is 2.81 bits per heavy atom. The minimum absolute atomic E-state index is 0.00444. The third kappa shape index (κ3) is 3.37. The van der Waals surface area contributed by atoms with Crippen molar-refractivity contribution in [3.63, 3.8) is 0 Å². The van der Waals surface area contributed by atoms with Crippen molar-refractivity contribution in [1.29, 1.82) is 0 Å². The highest BCUT2D eigenvalue weighted by molar-refractivity contribution is 7.89. The Hall–Kier alpha value is -1.15. The zero-order valence-corrected chi connectivity index (χ0v) is 13.0. The number of nitrogens with zero attached hydrogens (tertiary/aromatic N) is 1. The maximum atomic E-state index is 12.6. The zero-order chi connectivity index (χ0) is 15.6. The van der Waals surface area contributed by atoms with Crippen LogP contribution in [0, 0.1) is 0 Å². The molecule has 1 fully saturated rings. The van der Waals surface area contributed by atoms with Crippen LogP contribution >= 0.6 is 11.6 Å². The largest absolute Gasteiger partial charge is 0.480 e. The summed E-state index contributed by atoms with van der Waals surface area (Å²) in [6, 6.07) is 3.39. The predicted octanol–water partition coefficient (Wildman–Crippen LogP) is 1.72. The third-order valence-electron chi connectivity index (χ3n) is 3.34. The highest BCUT2D eigenvalue weighted by Gasteiger charge is 2.39.